The van der Waals surface area contributed by atoms with E-state index in [0.29, 0.717) is 36.8 Å². The molecule has 0 radical (unpaired) electrons. The Balaban J connectivity index is 0.000000349. The average molecular weight is 888 g/mol. The molecule has 1 amide bonds. The maximum atomic E-state index is 12.5. The Morgan fingerprint density at radius 3 is 1.12 bits per heavy atom. The molecule has 0 saturated heterocycles. The third kappa shape index (κ3) is 12.9. The molecule has 4 aromatic carbocycles. The molecule has 8 heteroatoms. The molecule has 0 atom stereocenters. The van der Waals surface area contributed by atoms with Crippen molar-refractivity contribution in [3.05, 3.63) is 152 Å². The minimum absolute atomic E-state index is 0.0988. The van der Waals surface area contributed by atoms with Gasteiger partial charge in [-0.2, -0.15) is 0 Å². The molecule has 0 fully saturated rings. The Kier molecular flexibility index (Phi) is 19.7. The Morgan fingerprint density at radius 1 is 0.492 bits per heavy atom. The van der Waals surface area contributed by atoms with Crippen LogP contribution in [0.4, 0.5) is 0 Å². The van der Waals surface area contributed by atoms with E-state index in [2.05, 4.69) is 89.3 Å². The summed E-state index contributed by atoms with van der Waals surface area (Å²) in [7, 11) is 0. The average Bonchev–Trinajstić information content (AvgIpc) is 3.29. The maximum absolute atomic E-state index is 12.5. The summed E-state index contributed by atoms with van der Waals surface area (Å²) in [6, 6.07) is 24.8. The van der Waals surface area contributed by atoms with Crippen molar-refractivity contribution in [2.45, 2.75) is 163 Å². The molecule has 352 valence electrons. The number of aromatic carboxylic acids is 1. The summed E-state index contributed by atoms with van der Waals surface area (Å²) in [4.78, 5) is 34.7. The quantitative estimate of drug-likeness (QED) is 0.0560. The van der Waals surface area contributed by atoms with Crippen molar-refractivity contribution >= 4 is 30.0 Å². The van der Waals surface area contributed by atoms with E-state index in [1.54, 1.807) is 6.07 Å². The van der Waals surface area contributed by atoms with Crippen LogP contribution < -0.4 is 5.32 Å². The van der Waals surface area contributed by atoms with Gasteiger partial charge >= 0.3 is 11.9 Å². The molecule has 0 bridgehead atoms. The summed E-state index contributed by atoms with van der Waals surface area (Å²) in [6.07, 6.45) is 14.2. The molecular weight excluding hydrogens is 811 g/mol. The number of carboxylic acids is 2. The van der Waals surface area contributed by atoms with E-state index in [9.17, 15) is 29.7 Å². The predicted molar refractivity (Wildman–Crippen MR) is 268 cm³/mol. The molecule has 0 spiro atoms. The van der Waals surface area contributed by atoms with Crippen LogP contribution in [-0.2, 0) is 15.6 Å². The van der Waals surface area contributed by atoms with Gasteiger partial charge in [-0.25, -0.2) is 4.79 Å². The lowest BCUT2D eigenvalue weighted by Gasteiger charge is -2.34. The smallest absolute Gasteiger partial charge is 0.335 e. The van der Waals surface area contributed by atoms with Gasteiger partial charge in [0, 0.05) is 22.9 Å². The Bertz CT molecular complexity index is 2300. The number of carbonyl (C=O) groups excluding carboxylic acids is 1. The fourth-order valence-electron chi connectivity index (χ4n) is 9.04. The summed E-state index contributed by atoms with van der Waals surface area (Å²) in [6.45, 7) is 24.9. The zero-order chi connectivity index (χ0) is 48.8. The van der Waals surface area contributed by atoms with Gasteiger partial charge in [-0.05, 0) is 147 Å². The fraction of sp³-hybridized carbons (Fsp3) is 0.456. The Morgan fingerprint density at radius 2 is 0.831 bits per heavy atom. The summed E-state index contributed by atoms with van der Waals surface area (Å²) in [5.74, 6) is -2.07. The number of benzene rings is 4. The predicted octanol–water partition coefficient (Wildman–Crippen LogP) is 12.9. The monoisotopic (exact) mass is 888 g/mol. The van der Waals surface area contributed by atoms with Crippen LogP contribution in [0.3, 0.4) is 0 Å². The van der Waals surface area contributed by atoms with Crippen molar-refractivity contribution in [1.82, 2.24) is 5.32 Å². The first-order valence-corrected chi connectivity index (χ1v) is 23.7. The number of aryl methyl sites for hydroxylation is 4. The lowest BCUT2D eigenvalue weighted by atomic mass is 9.69. The molecule has 0 unspecified atom stereocenters. The lowest BCUT2D eigenvalue weighted by Crippen LogP contribution is -2.28. The largest absolute Gasteiger partial charge is 0.481 e. The highest BCUT2D eigenvalue weighted by atomic mass is 16.4. The van der Waals surface area contributed by atoms with Gasteiger partial charge in [-0.3, -0.25) is 9.59 Å². The molecule has 0 aromatic heterocycles. The molecule has 4 rings (SSSR count). The van der Waals surface area contributed by atoms with Gasteiger partial charge in [0.15, 0.2) is 0 Å². The highest BCUT2D eigenvalue weighted by molar-refractivity contribution is 5.96. The molecular formula is C57H77NO7. The van der Waals surface area contributed by atoms with E-state index < -0.39 is 23.1 Å². The lowest BCUT2D eigenvalue weighted by molar-refractivity contribution is -0.136. The topological polar surface area (TPSA) is 144 Å². The number of aliphatic hydroxyl groups is 2. The first kappa shape index (κ1) is 54.0. The van der Waals surface area contributed by atoms with Gasteiger partial charge in [0.1, 0.15) is 0 Å². The van der Waals surface area contributed by atoms with Crippen molar-refractivity contribution in [3.63, 3.8) is 0 Å². The number of carboxylic acid groups (broad SMARTS) is 2. The number of carbonyl (C=O) groups is 3. The van der Waals surface area contributed by atoms with E-state index >= 15 is 0 Å². The molecule has 0 saturated carbocycles. The molecule has 65 heavy (non-hydrogen) atoms. The van der Waals surface area contributed by atoms with Gasteiger partial charge in [0.2, 0.25) is 0 Å². The molecule has 5 N–H and O–H groups in total. The standard InChI is InChI=1S/C30H41NO4.C27H36O3/c1-7-29(35,8-2)17-15-23-11-12-24(19-21(23)5)30(9-3,10-4)25-13-14-26(22(6)20-25)28(34)31-18-16-27(32)33;1-7-26(30,8-2)16-15-21-11-12-22(17-19(21)5)27(9-3,10-4)23-13-14-24(25(28)29)20(6)18-23/h11-15,17,19-20,35H,7-10,16,18H2,1-6H3,(H,31,34)(H,32,33);11-18,30H,7-10H2,1-6H3,(H,28,29)/b17-15+;16-15+. The number of rotatable bonds is 21. The van der Waals surface area contributed by atoms with Crippen LogP contribution in [-0.4, -0.2) is 56.0 Å². The normalized spacial score (nSPS) is 12.3. The van der Waals surface area contributed by atoms with E-state index in [1.165, 1.54) is 16.7 Å². The van der Waals surface area contributed by atoms with E-state index in [0.717, 1.165) is 64.6 Å². The number of amides is 1. The zero-order valence-electron chi connectivity index (χ0n) is 41.3. The maximum Gasteiger partial charge on any atom is 0.335 e. The van der Waals surface area contributed by atoms with Crippen LogP contribution in [0.25, 0.3) is 12.2 Å². The van der Waals surface area contributed by atoms with Crippen LogP contribution in [0.2, 0.25) is 0 Å². The molecule has 0 aliphatic rings. The second kappa shape index (κ2) is 23.7. The van der Waals surface area contributed by atoms with Gasteiger partial charge in [-0.15, -0.1) is 0 Å². The van der Waals surface area contributed by atoms with Crippen molar-refractivity contribution in [3.8, 4) is 0 Å². The minimum atomic E-state index is -0.934. The Labute approximate surface area is 389 Å². The second-order valence-corrected chi connectivity index (χ2v) is 17.8. The summed E-state index contributed by atoms with van der Waals surface area (Å²) < 4.78 is 0. The number of nitrogens with one attached hydrogen (secondary N) is 1. The number of hydrogen-bond donors (Lipinski definition) is 5. The zero-order valence-corrected chi connectivity index (χ0v) is 41.3. The highest BCUT2D eigenvalue weighted by Crippen LogP contribution is 2.42. The first-order valence-electron chi connectivity index (χ1n) is 23.7. The van der Waals surface area contributed by atoms with Crippen molar-refractivity contribution in [1.29, 1.82) is 0 Å². The van der Waals surface area contributed by atoms with Gasteiger partial charge < -0.3 is 25.7 Å². The summed E-state index contributed by atoms with van der Waals surface area (Å²) >= 11 is 0. The molecule has 0 aliphatic carbocycles. The molecule has 8 nitrogen and oxygen atoms in total. The number of aliphatic carboxylic acids is 1. The third-order valence-corrected chi connectivity index (χ3v) is 14.3. The first-order chi connectivity index (χ1) is 30.7. The molecule has 4 aromatic rings. The van der Waals surface area contributed by atoms with Gasteiger partial charge in [0.25, 0.3) is 5.91 Å². The van der Waals surface area contributed by atoms with E-state index in [4.69, 9.17) is 5.11 Å². The molecule has 0 aliphatic heterocycles. The summed E-state index contributed by atoms with van der Waals surface area (Å²) in [5, 5.41) is 42.0. The second-order valence-electron chi connectivity index (χ2n) is 17.8. The molecule has 0 heterocycles. The fourth-order valence-corrected chi connectivity index (χ4v) is 9.04. The third-order valence-electron chi connectivity index (χ3n) is 14.3. The number of hydrogen-bond acceptors (Lipinski definition) is 5. The van der Waals surface area contributed by atoms with Crippen molar-refractivity contribution < 1.29 is 34.8 Å². The van der Waals surface area contributed by atoms with Crippen LogP contribution in [0, 0.1) is 27.7 Å². The van der Waals surface area contributed by atoms with Gasteiger partial charge in [-0.1, -0.05) is 140 Å². The van der Waals surface area contributed by atoms with E-state index in [1.807, 2.05) is 90.1 Å². The van der Waals surface area contributed by atoms with Crippen LogP contribution >= 0.6 is 0 Å². The highest BCUT2D eigenvalue weighted by Gasteiger charge is 2.33. The van der Waals surface area contributed by atoms with Crippen molar-refractivity contribution in [2.24, 2.45) is 0 Å². The van der Waals surface area contributed by atoms with Gasteiger partial charge in [0.05, 0.1) is 23.2 Å². The SMILES string of the molecule is CCC(O)(/C=C/c1ccc(C(CC)(CC)c2ccc(C(=O)NCCC(=O)O)c(C)c2)cc1C)CC.CCC(O)(/C=C/c1ccc(C(CC)(CC)c2ccc(C(=O)O)c(C)c2)cc1C)CC. The van der Waals surface area contributed by atoms with Crippen LogP contribution in [0.15, 0.2) is 84.9 Å². The van der Waals surface area contributed by atoms with Crippen LogP contribution in [0.5, 0.6) is 0 Å². The minimum Gasteiger partial charge on any atom is -0.481 e. The van der Waals surface area contributed by atoms with Crippen molar-refractivity contribution in [2.75, 3.05) is 6.54 Å². The Hall–Kier alpha value is -5.31. The van der Waals surface area contributed by atoms with E-state index in [-0.39, 0.29) is 29.7 Å². The van der Waals surface area contributed by atoms with Crippen LogP contribution in [0.1, 0.15) is 190 Å². The summed E-state index contributed by atoms with van der Waals surface area (Å²) in [5.41, 5.74) is 10.0.